The molecule has 0 aliphatic rings. The second-order valence-corrected chi connectivity index (χ2v) is 6.15. The van der Waals surface area contributed by atoms with Crippen LogP contribution < -0.4 is 5.32 Å². The van der Waals surface area contributed by atoms with Crippen LogP contribution in [-0.4, -0.2) is 36.8 Å². The summed E-state index contributed by atoms with van der Waals surface area (Å²) < 4.78 is 40.1. The summed E-state index contributed by atoms with van der Waals surface area (Å²) in [5, 5.41) is 7.13. The molecule has 0 aliphatic carbocycles. The smallest absolute Gasteiger partial charge is 0.370 e. The molecule has 0 radical (unpaired) electrons. The minimum atomic E-state index is -4.35. The van der Waals surface area contributed by atoms with Crippen molar-refractivity contribution in [1.82, 2.24) is 10.3 Å². The number of hydrogen-bond acceptors (Lipinski definition) is 5. The predicted molar refractivity (Wildman–Crippen MR) is 79.4 cm³/mol. The van der Waals surface area contributed by atoms with E-state index in [0.717, 1.165) is 10.6 Å². The first-order chi connectivity index (χ1) is 10.4. The lowest BCUT2D eigenvalue weighted by molar-refractivity contribution is -0.173. The van der Waals surface area contributed by atoms with Crippen molar-refractivity contribution in [3.8, 4) is 10.6 Å². The minimum Gasteiger partial charge on any atom is -0.370 e. The fourth-order valence-corrected chi connectivity index (χ4v) is 3.32. The number of hydrogen-bond donors (Lipinski definition) is 1. The van der Waals surface area contributed by atoms with Crippen LogP contribution in [0.5, 0.6) is 0 Å². The Hall–Kier alpha value is -1.45. The number of thiophene rings is 1. The maximum Gasteiger partial charge on any atom is 0.411 e. The summed E-state index contributed by atoms with van der Waals surface area (Å²) in [5.41, 5.74) is 1.55. The van der Waals surface area contributed by atoms with Crippen molar-refractivity contribution in [1.29, 1.82) is 0 Å². The van der Waals surface area contributed by atoms with Gasteiger partial charge in [-0.05, 0) is 18.4 Å². The van der Waals surface area contributed by atoms with Gasteiger partial charge in [0.15, 0.2) is 0 Å². The average Bonchev–Trinajstić information content (AvgIpc) is 3.05. The number of rotatable bonds is 6. The van der Waals surface area contributed by atoms with E-state index in [0.29, 0.717) is 10.6 Å². The molecule has 2 aromatic rings. The Kier molecular flexibility index (Phi) is 5.54. The Morgan fingerprint density at radius 1 is 1.45 bits per heavy atom. The van der Waals surface area contributed by atoms with Crippen molar-refractivity contribution in [2.24, 2.45) is 0 Å². The summed E-state index contributed by atoms with van der Waals surface area (Å²) in [6.07, 6.45) is -4.35. The van der Waals surface area contributed by atoms with Gasteiger partial charge in [0.25, 0.3) is 5.91 Å². The van der Waals surface area contributed by atoms with Gasteiger partial charge in [0.1, 0.15) is 16.5 Å². The van der Waals surface area contributed by atoms with Gasteiger partial charge in [-0.25, -0.2) is 4.98 Å². The number of nitrogens with zero attached hydrogens (tertiary/aromatic N) is 1. The van der Waals surface area contributed by atoms with Gasteiger partial charge in [-0.2, -0.15) is 24.5 Å². The zero-order chi connectivity index (χ0) is 16.2. The summed E-state index contributed by atoms with van der Waals surface area (Å²) in [6, 6.07) is 1.91. The molecule has 120 valence electrons. The molecule has 0 saturated heterocycles. The first-order valence-corrected chi connectivity index (χ1v) is 8.05. The third-order valence-electron chi connectivity index (χ3n) is 2.57. The van der Waals surface area contributed by atoms with Gasteiger partial charge in [-0.3, -0.25) is 4.79 Å². The van der Waals surface area contributed by atoms with Crippen LogP contribution in [0, 0.1) is 6.92 Å². The van der Waals surface area contributed by atoms with Crippen molar-refractivity contribution in [2.45, 2.75) is 13.1 Å². The van der Waals surface area contributed by atoms with E-state index in [-0.39, 0.29) is 19.1 Å². The highest BCUT2D eigenvalue weighted by Crippen LogP contribution is 2.29. The predicted octanol–water partition coefficient (Wildman–Crippen LogP) is 3.49. The van der Waals surface area contributed by atoms with Crippen molar-refractivity contribution in [2.75, 3.05) is 19.8 Å². The molecular weight excluding hydrogens is 337 g/mol. The highest BCUT2D eigenvalue weighted by Gasteiger charge is 2.27. The van der Waals surface area contributed by atoms with Crippen LogP contribution in [0.4, 0.5) is 13.2 Å². The first-order valence-electron chi connectivity index (χ1n) is 6.29. The molecule has 0 aromatic carbocycles. The van der Waals surface area contributed by atoms with E-state index in [4.69, 9.17) is 0 Å². The van der Waals surface area contributed by atoms with Crippen LogP contribution in [0.3, 0.4) is 0 Å². The van der Waals surface area contributed by atoms with Gasteiger partial charge in [-0.15, -0.1) is 11.3 Å². The Bertz CT molecular complexity index is 624. The maximum atomic E-state index is 12.0. The van der Waals surface area contributed by atoms with E-state index in [1.807, 2.05) is 16.8 Å². The third kappa shape index (κ3) is 4.79. The Morgan fingerprint density at radius 3 is 2.86 bits per heavy atom. The average molecular weight is 350 g/mol. The van der Waals surface area contributed by atoms with Gasteiger partial charge < -0.3 is 10.1 Å². The van der Waals surface area contributed by atoms with Crippen LogP contribution in [0.15, 0.2) is 16.8 Å². The number of thiazole rings is 1. The second kappa shape index (κ2) is 7.21. The molecule has 0 aliphatic heterocycles. The number of alkyl halides is 3. The first kappa shape index (κ1) is 16.9. The summed E-state index contributed by atoms with van der Waals surface area (Å²) >= 11 is 2.79. The summed E-state index contributed by atoms with van der Waals surface area (Å²) in [5.74, 6) is -0.355. The molecule has 2 aromatic heterocycles. The van der Waals surface area contributed by atoms with Gasteiger partial charge in [0.05, 0.1) is 12.3 Å². The van der Waals surface area contributed by atoms with Crippen molar-refractivity contribution in [3.63, 3.8) is 0 Å². The fraction of sp³-hybridized carbons (Fsp3) is 0.385. The zero-order valence-electron chi connectivity index (χ0n) is 11.6. The number of ether oxygens (including phenoxy) is 1. The molecule has 22 heavy (non-hydrogen) atoms. The molecule has 0 saturated carbocycles. The van der Waals surface area contributed by atoms with Crippen LogP contribution in [0.1, 0.15) is 15.4 Å². The Labute approximate surface area is 133 Å². The molecule has 1 amide bonds. The van der Waals surface area contributed by atoms with Crippen molar-refractivity contribution < 1.29 is 22.7 Å². The number of aryl methyl sites for hydroxylation is 1. The van der Waals surface area contributed by atoms with E-state index in [9.17, 15) is 18.0 Å². The number of aromatic nitrogens is 1. The summed E-state index contributed by atoms with van der Waals surface area (Å²) in [4.78, 5) is 16.8. The number of carbonyl (C=O) groups is 1. The number of carbonyl (C=O) groups excluding carboxylic acids is 1. The highest BCUT2D eigenvalue weighted by atomic mass is 32.1. The number of halogens is 3. The maximum absolute atomic E-state index is 12.0. The fourth-order valence-electron chi connectivity index (χ4n) is 1.62. The lowest BCUT2D eigenvalue weighted by atomic mass is 10.3. The minimum absolute atomic E-state index is 0.0139. The third-order valence-corrected chi connectivity index (χ3v) is 4.46. The Balaban J connectivity index is 1.85. The number of amides is 1. The lowest BCUT2D eigenvalue weighted by Crippen LogP contribution is -2.28. The molecule has 9 heteroatoms. The van der Waals surface area contributed by atoms with E-state index < -0.39 is 12.8 Å². The summed E-state index contributed by atoms with van der Waals surface area (Å²) in [6.45, 7) is 0.229. The van der Waals surface area contributed by atoms with E-state index in [1.165, 1.54) is 22.7 Å². The molecule has 2 rings (SSSR count). The quantitative estimate of drug-likeness (QED) is 0.812. The molecule has 1 N–H and O–H groups in total. The normalized spacial score (nSPS) is 11.6. The SMILES string of the molecule is Cc1nc(-c2ccsc2)sc1C(=O)NCCOCC(F)(F)F. The van der Waals surface area contributed by atoms with Crippen LogP contribution in [-0.2, 0) is 4.74 Å². The molecule has 0 unspecified atom stereocenters. The molecule has 2 heterocycles. The van der Waals surface area contributed by atoms with Crippen molar-refractivity contribution >= 4 is 28.6 Å². The van der Waals surface area contributed by atoms with Crippen LogP contribution in [0.25, 0.3) is 10.6 Å². The molecule has 0 fully saturated rings. The standard InChI is InChI=1S/C13H13F3N2O2S2/c1-8-10(22-12(18-8)9-2-5-21-6-9)11(19)17-3-4-20-7-13(14,15)16/h2,5-6H,3-4,7H2,1H3,(H,17,19). The van der Waals surface area contributed by atoms with Crippen molar-refractivity contribution in [3.05, 3.63) is 27.4 Å². The highest BCUT2D eigenvalue weighted by molar-refractivity contribution is 7.17. The van der Waals surface area contributed by atoms with Crippen LogP contribution >= 0.6 is 22.7 Å². The Morgan fingerprint density at radius 2 is 2.23 bits per heavy atom. The van der Waals surface area contributed by atoms with Gasteiger partial charge >= 0.3 is 6.18 Å². The topological polar surface area (TPSA) is 51.2 Å². The van der Waals surface area contributed by atoms with Crippen LogP contribution in [0.2, 0.25) is 0 Å². The number of nitrogens with one attached hydrogen (secondary N) is 1. The monoisotopic (exact) mass is 350 g/mol. The molecule has 0 spiro atoms. The largest absolute Gasteiger partial charge is 0.411 e. The second-order valence-electron chi connectivity index (χ2n) is 4.37. The van der Waals surface area contributed by atoms with E-state index >= 15 is 0 Å². The zero-order valence-corrected chi connectivity index (χ0v) is 13.2. The molecular formula is C13H13F3N2O2S2. The lowest BCUT2D eigenvalue weighted by Gasteiger charge is -2.08. The van der Waals surface area contributed by atoms with Gasteiger partial charge in [0.2, 0.25) is 0 Å². The molecule has 0 bridgehead atoms. The van der Waals surface area contributed by atoms with Gasteiger partial charge in [0, 0.05) is 17.5 Å². The van der Waals surface area contributed by atoms with E-state index in [2.05, 4.69) is 15.0 Å². The molecule has 0 atom stereocenters. The molecule has 4 nitrogen and oxygen atoms in total. The van der Waals surface area contributed by atoms with Gasteiger partial charge in [-0.1, -0.05) is 0 Å². The van der Waals surface area contributed by atoms with E-state index in [1.54, 1.807) is 6.92 Å². The summed E-state index contributed by atoms with van der Waals surface area (Å²) in [7, 11) is 0.